The smallest absolute Gasteiger partial charge is 0.200 e. The van der Waals surface area contributed by atoms with Crippen LogP contribution >= 0.6 is 39.7 Å². The summed E-state index contributed by atoms with van der Waals surface area (Å²) in [6.07, 6.45) is 1.71. The van der Waals surface area contributed by atoms with Crippen molar-refractivity contribution in [2.45, 2.75) is 0 Å². The Kier molecular flexibility index (Phi) is 3.69. The van der Waals surface area contributed by atoms with Crippen LogP contribution in [-0.4, -0.2) is 19.7 Å². The van der Waals surface area contributed by atoms with Crippen LogP contribution in [0.1, 0.15) is 0 Å². The number of hydrogen-bond donors (Lipinski definition) is 1. The number of halogens is 2. The molecular weight excluding hydrogens is 360 g/mol. The van der Waals surface area contributed by atoms with Crippen LogP contribution < -0.4 is 0 Å². The van der Waals surface area contributed by atoms with E-state index in [0.717, 1.165) is 15.9 Å². The summed E-state index contributed by atoms with van der Waals surface area (Å²) in [7, 11) is 0. The van der Waals surface area contributed by atoms with Crippen molar-refractivity contribution in [1.82, 2.24) is 19.7 Å². The van der Waals surface area contributed by atoms with Crippen molar-refractivity contribution >= 4 is 39.7 Å². The Labute approximate surface area is 133 Å². The maximum Gasteiger partial charge on any atom is 0.200 e. The Morgan fingerprint density at radius 3 is 2.80 bits per heavy atom. The van der Waals surface area contributed by atoms with Crippen molar-refractivity contribution in [2.75, 3.05) is 0 Å². The maximum absolute atomic E-state index is 6.14. The van der Waals surface area contributed by atoms with Gasteiger partial charge >= 0.3 is 0 Å². The van der Waals surface area contributed by atoms with Crippen LogP contribution in [0, 0.1) is 4.77 Å². The van der Waals surface area contributed by atoms with Crippen LogP contribution in [0.3, 0.4) is 0 Å². The molecular formula is C13H8BrClN4S. The second kappa shape index (κ2) is 5.47. The maximum atomic E-state index is 6.14. The molecule has 0 bridgehead atoms. The molecule has 0 amide bonds. The third-order valence-corrected chi connectivity index (χ3v) is 4.39. The molecule has 0 saturated carbocycles. The minimum absolute atomic E-state index is 0.480. The van der Waals surface area contributed by atoms with E-state index in [1.165, 1.54) is 0 Å². The summed E-state index contributed by atoms with van der Waals surface area (Å²) in [6, 6.07) is 11.2. The summed E-state index contributed by atoms with van der Waals surface area (Å²) < 4.78 is 3.04. The molecule has 0 spiro atoms. The van der Waals surface area contributed by atoms with E-state index in [9.17, 15) is 0 Å². The fourth-order valence-electron chi connectivity index (χ4n) is 1.85. The summed E-state index contributed by atoms with van der Waals surface area (Å²) in [4.78, 5) is 4.30. The first-order valence-corrected chi connectivity index (χ1v) is 7.29. The Morgan fingerprint density at radius 2 is 2.05 bits per heavy atom. The lowest BCUT2D eigenvalue weighted by atomic mass is 10.3. The molecule has 20 heavy (non-hydrogen) atoms. The number of aromatic amines is 1. The molecule has 2 heterocycles. The predicted molar refractivity (Wildman–Crippen MR) is 84.7 cm³/mol. The quantitative estimate of drug-likeness (QED) is 0.683. The molecule has 0 saturated heterocycles. The second-order valence-electron chi connectivity index (χ2n) is 3.98. The summed E-state index contributed by atoms with van der Waals surface area (Å²) in [6.45, 7) is 0. The van der Waals surface area contributed by atoms with Crippen LogP contribution in [0.2, 0.25) is 5.02 Å². The highest BCUT2D eigenvalue weighted by molar-refractivity contribution is 9.10. The SMILES string of the molecule is S=c1[nH]nc(-c2ccccn2)n1-c1cccc(Cl)c1Br. The summed E-state index contributed by atoms with van der Waals surface area (Å²) in [5, 5.41) is 7.65. The number of rotatable bonds is 2. The van der Waals surface area contributed by atoms with Crippen LogP contribution in [0.25, 0.3) is 17.2 Å². The van der Waals surface area contributed by atoms with Gasteiger partial charge in [0, 0.05) is 6.20 Å². The van der Waals surface area contributed by atoms with Gasteiger partial charge in [-0.15, -0.1) is 0 Å². The Bertz CT molecular complexity index is 813. The van der Waals surface area contributed by atoms with Crippen molar-refractivity contribution < 1.29 is 0 Å². The zero-order valence-electron chi connectivity index (χ0n) is 10.0. The van der Waals surface area contributed by atoms with Gasteiger partial charge in [0.15, 0.2) is 10.6 Å². The Morgan fingerprint density at radius 1 is 1.20 bits per heavy atom. The van der Waals surface area contributed by atoms with E-state index in [1.54, 1.807) is 16.8 Å². The average Bonchev–Trinajstić information content (AvgIpc) is 2.85. The fraction of sp³-hybridized carbons (Fsp3) is 0. The first-order chi connectivity index (χ1) is 9.68. The highest BCUT2D eigenvalue weighted by atomic mass is 79.9. The van der Waals surface area contributed by atoms with E-state index in [4.69, 9.17) is 23.8 Å². The molecule has 0 aliphatic carbocycles. The Hall–Kier alpha value is -1.50. The molecule has 100 valence electrons. The van der Waals surface area contributed by atoms with Crippen LogP contribution in [-0.2, 0) is 0 Å². The number of benzene rings is 1. The molecule has 0 aliphatic rings. The van der Waals surface area contributed by atoms with E-state index in [1.807, 2.05) is 30.3 Å². The van der Waals surface area contributed by atoms with Crippen molar-refractivity contribution in [3.63, 3.8) is 0 Å². The van der Waals surface area contributed by atoms with E-state index in [2.05, 4.69) is 31.1 Å². The molecule has 3 rings (SSSR count). The minimum atomic E-state index is 0.480. The standard InChI is InChI=1S/C13H8BrClN4S/c14-11-8(15)4-3-6-10(11)19-12(17-18-13(19)20)9-5-1-2-7-16-9/h1-7H,(H,18,20). The van der Waals surface area contributed by atoms with Crippen LogP contribution in [0.15, 0.2) is 47.1 Å². The summed E-state index contributed by atoms with van der Waals surface area (Å²) >= 11 is 14.9. The predicted octanol–water partition coefficient (Wildman–Crippen LogP) is 4.41. The number of aromatic nitrogens is 4. The van der Waals surface area contributed by atoms with E-state index in [-0.39, 0.29) is 0 Å². The number of hydrogen-bond acceptors (Lipinski definition) is 3. The fourth-order valence-corrected chi connectivity index (χ4v) is 2.69. The van der Waals surface area contributed by atoms with Crippen molar-refractivity contribution in [1.29, 1.82) is 0 Å². The number of H-pyrrole nitrogens is 1. The van der Waals surface area contributed by atoms with Crippen LogP contribution in [0.5, 0.6) is 0 Å². The molecule has 0 aliphatic heterocycles. The van der Waals surface area contributed by atoms with Gasteiger partial charge in [-0.3, -0.25) is 14.6 Å². The van der Waals surface area contributed by atoms with Crippen molar-refractivity contribution in [2.24, 2.45) is 0 Å². The molecule has 0 fully saturated rings. The Balaban J connectivity index is 2.28. The van der Waals surface area contributed by atoms with Gasteiger partial charge in [-0.05, 0) is 52.4 Å². The first kappa shape index (κ1) is 13.5. The molecule has 1 aromatic carbocycles. The van der Waals surface area contributed by atoms with E-state index >= 15 is 0 Å². The second-order valence-corrected chi connectivity index (χ2v) is 5.56. The lowest BCUT2D eigenvalue weighted by molar-refractivity contribution is 1.02. The largest absolute Gasteiger partial charge is 0.266 e. The molecule has 0 radical (unpaired) electrons. The molecule has 0 atom stereocenters. The first-order valence-electron chi connectivity index (χ1n) is 5.71. The average molecular weight is 368 g/mol. The summed E-state index contributed by atoms with van der Waals surface area (Å²) in [5.74, 6) is 0.638. The molecule has 1 N–H and O–H groups in total. The highest BCUT2D eigenvalue weighted by Gasteiger charge is 2.14. The third kappa shape index (κ3) is 2.30. The zero-order chi connectivity index (χ0) is 14.1. The van der Waals surface area contributed by atoms with Gasteiger partial charge in [0.05, 0.1) is 15.2 Å². The minimum Gasteiger partial charge on any atom is -0.266 e. The van der Waals surface area contributed by atoms with Gasteiger partial charge in [-0.25, -0.2) is 0 Å². The lowest BCUT2D eigenvalue weighted by Crippen LogP contribution is -2.00. The molecule has 4 nitrogen and oxygen atoms in total. The van der Waals surface area contributed by atoms with E-state index < -0.39 is 0 Å². The highest BCUT2D eigenvalue weighted by Crippen LogP contribution is 2.31. The number of nitrogens with one attached hydrogen (secondary N) is 1. The van der Waals surface area contributed by atoms with Gasteiger partial charge in [-0.1, -0.05) is 23.7 Å². The molecule has 2 aromatic heterocycles. The van der Waals surface area contributed by atoms with Gasteiger partial charge < -0.3 is 0 Å². The van der Waals surface area contributed by atoms with Gasteiger partial charge in [0.25, 0.3) is 0 Å². The van der Waals surface area contributed by atoms with Gasteiger partial charge in [0.2, 0.25) is 0 Å². The van der Waals surface area contributed by atoms with Gasteiger partial charge in [0.1, 0.15) is 5.69 Å². The number of nitrogens with zero attached hydrogens (tertiary/aromatic N) is 3. The topological polar surface area (TPSA) is 46.5 Å². The van der Waals surface area contributed by atoms with E-state index in [0.29, 0.717) is 15.6 Å². The van der Waals surface area contributed by atoms with Crippen molar-refractivity contribution in [3.05, 3.63) is 56.9 Å². The summed E-state index contributed by atoms with van der Waals surface area (Å²) in [5.41, 5.74) is 1.55. The van der Waals surface area contributed by atoms with Gasteiger partial charge in [-0.2, -0.15) is 5.10 Å². The zero-order valence-corrected chi connectivity index (χ0v) is 13.2. The molecule has 7 heteroatoms. The third-order valence-electron chi connectivity index (χ3n) is 2.74. The van der Waals surface area contributed by atoms with Crippen LogP contribution in [0.4, 0.5) is 0 Å². The normalized spacial score (nSPS) is 10.7. The molecule has 3 aromatic rings. The lowest BCUT2D eigenvalue weighted by Gasteiger charge is -2.09. The molecule has 0 unspecified atom stereocenters. The van der Waals surface area contributed by atoms with Crippen molar-refractivity contribution in [3.8, 4) is 17.2 Å². The monoisotopic (exact) mass is 366 g/mol. The number of pyridine rings is 1.